The van der Waals surface area contributed by atoms with Crippen LogP contribution in [0.3, 0.4) is 0 Å². The summed E-state index contributed by atoms with van der Waals surface area (Å²) >= 11 is 0. The lowest BCUT2D eigenvalue weighted by Crippen LogP contribution is -2.38. The van der Waals surface area contributed by atoms with E-state index in [9.17, 15) is 4.79 Å². The summed E-state index contributed by atoms with van der Waals surface area (Å²) in [7, 11) is 3.55. The summed E-state index contributed by atoms with van der Waals surface area (Å²) in [5.41, 5.74) is 3.54. The van der Waals surface area contributed by atoms with Crippen molar-refractivity contribution in [3.8, 4) is 17.2 Å². The van der Waals surface area contributed by atoms with Crippen LogP contribution < -0.4 is 14.2 Å². The van der Waals surface area contributed by atoms with Gasteiger partial charge in [-0.15, -0.1) is 0 Å². The lowest BCUT2D eigenvalue weighted by atomic mass is 9.93. The molecule has 176 valence electrons. The van der Waals surface area contributed by atoms with Crippen LogP contribution in [0.4, 0.5) is 0 Å². The second-order valence-electron chi connectivity index (χ2n) is 9.00. The number of hydrogen-bond donors (Lipinski definition) is 0. The van der Waals surface area contributed by atoms with Crippen LogP contribution in [0.15, 0.2) is 72.8 Å². The molecule has 34 heavy (non-hydrogen) atoms. The van der Waals surface area contributed by atoms with Crippen molar-refractivity contribution in [2.24, 2.45) is 0 Å². The van der Waals surface area contributed by atoms with E-state index >= 15 is 0 Å². The quantitative estimate of drug-likeness (QED) is 0.517. The molecule has 0 saturated carbocycles. The van der Waals surface area contributed by atoms with Crippen molar-refractivity contribution in [1.82, 2.24) is 9.80 Å². The number of hydrogen-bond acceptors (Lipinski definition) is 5. The number of ether oxygens (including phenoxy) is 3. The number of carbonyl (C=O) groups excluding carboxylic acids is 1. The Morgan fingerprint density at radius 2 is 1.74 bits per heavy atom. The minimum Gasteiger partial charge on any atom is -0.497 e. The van der Waals surface area contributed by atoms with E-state index < -0.39 is 0 Å². The van der Waals surface area contributed by atoms with Gasteiger partial charge in [-0.3, -0.25) is 9.69 Å². The first-order chi connectivity index (χ1) is 16.6. The highest BCUT2D eigenvalue weighted by Gasteiger charge is 2.36. The van der Waals surface area contributed by atoms with Gasteiger partial charge < -0.3 is 19.1 Å². The maximum Gasteiger partial charge on any atom is 0.236 e. The van der Waals surface area contributed by atoms with Gasteiger partial charge in [-0.05, 0) is 53.3 Å². The molecule has 6 nitrogen and oxygen atoms in total. The fourth-order valence-corrected chi connectivity index (χ4v) is 4.90. The summed E-state index contributed by atoms with van der Waals surface area (Å²) in [6, 6.07) is 24.6. The molecule has 5 rings (SSSR count). The predicted molar refractivity (Wildman–Crippen MR) is 130 cm³/mol. The highest BCUT2D eigenvalue weighted by Crippen LogP contribution is 2.43. The maximum atomic E-state index is 13.2. The first kappa shape index (κ1) is 22.3. The predicted octanol–water partition coefficient (Wildman–Crippen LogP) is 4.61. The number of likely N-dealkylation sites (N-methyl/N-ethyl adjacent to an activating group) is 1. The first-order valence-corrected chi connectivity index (χ1v) is 11.7. The summed E-state index contributed by atoms with van der Waals surface area (Å²) in [5.74, 6) is 2.85. The molecule has 6 heteroatoms. The molecule has 3 aromatic carbocycles. The highest BCUT2D eigenvalue weighted by molar-refractivity contribution is 5.78. The van der Waals surface area contributed by atoms with Crippen LogP contribution in [0.25, 0.3) is 0 Å². The summed E-state index contributed by atoms with van der Waals surface area (Å²) < 4.78 is 16.4. The van der Waals surface area contributed by atoms with Crippen LogP contribution in [0, 0.1) is 0 Å². The van der Waals surface area contributed by atoms with Gasteiger partial charge in [-0.2, -0.15) is 0 Å². The topological polar surface area (TPSA) is 51.2 Å². The van der Waals surface area contributed by atoms with E-state index in [4.69, 9.17) is 14.2 Å². The van der Waals surface area contributed by atoms with E-state index in [1.54, 1.807) is 7.11 Å². The number of rotatable bonds is 7. The number of benzene rings is 3. The van der Waals surface area contributed by atoms with Crippen molar-refractivity contribution in [3.05, 3.63) is 89.5 Å². The lowest BCUT2D eigenvalue weighted by Gasteiger charge is -2.27. The van der Waals surface area contributed by atoms with Gasteiger partial charge in [0.15, 0.2) is 11.5 Å². The number of methoxy groups -OCH3 is 1. The van der Waals surface area contributed by atoms with Crippen LogP contribution in [-0.2, 0) is 11.3 Å². The molecule has 0 bridgehead atoms. The Kier molecular flexibility index (Phi) is 6.41. The largest absolute Gasteiger partial charge is 0.497 e. The smallest absolute Gasteiger partial charge is 0.236 e. The van der Waals surface area contributed by atoms with Gasteiger partial charge in [0, 0.05) is 26.2 Å². The standard InChI is InChI=1S/C28H30N2O4/c1-29(16-20-6-4-3-5-7-20)28(31)18-30-17-23(22-10-13-26-27(15-22)34-19-33-26)14-25(30)21-8-11-24(32-2)12-9-21/h3-13,15,23,25H,14,16-19H2,1-2H3. The second-order valence-corrected chi connectivity index (χ2v) is 9.00. The average molecular weight is 459 g/mol. The Morgan fingerprint density at radius 3 is 2.50 bits per heavy atom. The van der Waals surface area contributed by atoms with Gasteiger partial charge in [0.25, 0.3) is 0 Å². The third-order valence-electron chi connectivity index (χ3n) is 6.80. The van der Waals surface area contributed by atoms with Crippen LogP contribution in [-0.4, -0.2) is 49.7 Å². The van der Waals surface area contributed by atoms with E-state index in [1.807, 2.05) is 48.3 Å². The number of amides is 1. The molecule has 0 spiro atoms. The van der Waals surface area contributed by atoms with E-state index in [0.29, 0.717) is 19.0 Å². The molecule has 3 aromatic rings. The third-order valence-corrected chi connectivity index (χ3v) is 6.80. The molecule has 1 saturated heterocycles. The first-order valence-electron chi connectivity index (χ1n) is 11.7. The van der Waals surface area contributed by atoms with Gasteiger partial charge in [-0.1, -0.05) is 48.5 Å². The fourth-order valence-electron chi connectivity index (χ4n) is 4.90. The monoisotopic (exact) mass is 458 g/mol. The van der Waals surface area contributed by atoms with Crippen LogP contribution in [0.1, 0.15) is 35.1 Å². The summed E-state index contributed by atoms with van der Waals surface area (Å²) in [4.78, 5) is 17.3. The zero-order valence-corrected chi connectivity index (χ0v) is 19.6. The van der Waals surface area contributed by atoms with Gasteiger partial charge in [-0.25, -0.2) is 0 Å². The lowest BCUT2D eigenvalue weighted by molar-refractivity contribution is -0.131. The van der Waals surface area contributed by atoms with Crippen molar-refractivity contribution in [3.63, 3.8) is 0 Å². The number of carbonyl (C=O) groups is 1. The molecule has 2 heterocycles. The molecule has 2 unspecified atom stereocenters. The summed E-state index contributed by atoms with van der Waals surface area (Å²) in [6.07, 6.45) is 0.932. The molecule has 0 aromatic heterocycles. The van der Waals surface area contributed by atoms with E-state index in [2.05, 4.69) is 41.3 Å². The second kappa shape index (κ2) is 9.77. The van der Waals surface area contributed by atoms with Gasteiger partial charge in [0.05, 0.1) is 13.7 Å². The zero-order chi connectivity index (χ0) is 23.5. The SMILES string of the molecule is COc1ccc(C2CC(c3ccc4c(c3)OCO4)CN2CC(=O)N(C)Cc2ccccc2)cc1. The van der Waals surface area contributed by atoms with E-state index in [0.717, 1.165) is 35.8 Å². The molecule has 1 fully saturated rings. The Hall–Kier alpha value is -3.51. The molecule has 2 aliphatic rings. The minimum atomic E-state index is 0.119. The highest BCUT2D eigenvalue weighted by atomic mass is 16.7. The van der Waals surface area contributed by atoms with Gasteiger partial charge >= 0.3 is 0 Å². The molecule has 2 atom stereocenters. The Bertz CT molecular complexity index is 1130. The van der Waals surface area contributed by atoms with Crippen LogP contribution in [0.2, 0.25) is 0 Å². The molecular weight excluding hydrogens is 428 g/mol. The number of likely N-dealkylation sites (tertiary alicyclic amines) is 1. The van der Waals surface area contributed by atoms with Gasteiger partial charge in [0.1, 0.15) is 5.75 Å². The minimum absolute atomic E-state index is 0.119. The third kappa shape index (κ3) is 4.73. The summed E-state index contributed by atoms with van der Waals surface area (Å²) in [6.45, 7) is 2.06. The Labute approximate surface area is 200 Å². The van der Waals surface area contributed by atoms with Gasteiger partial charge in [0.2, 0.25) is 12.7 Å². The zero-order valence-electron chi connectivity index (χ0n) is 19.6. The van der Waals surface area contributed by atoms with E-state index in [1.165, 1.54) is 11.1 Å². The maximum absolute atomic E-state index is 13.2. The summed E-state index contributed by atoms with van der Waals surface area (Å²) in [5, 5.41) is 0. The Morgan fingerprint density at radius 1 is 1.00 bits per heavy atom. The Balaban J connectivity index is 1.35. The molecule has 1 amide bonds. The molecular formula is C28H30N2O4. The van der Waals surface area contributed by atoms with Crippen molar-refractivity contribution < 1.29 is 19.0 Å². The van der Waals surface area contributed by atoms with Crippen molar-refractivity contribution in [1.29, 1.82) is 0 Å². The number of nitrogens with zero attached hydrogens (tertiary/aromatic N) is 2. The molecule has 0 N–H and O–H groups in total. The van der Waals surface area contributed by atoms with Crippen LogP contribution >= 0.6 is 0 Å². The fraction of sp³-hybridized carbons (Fsp3) is 0.321. The van der Waals surface area contributed by atoms with Crippen molar-refractivity contribution in [2.45, 2.75) is 24.9 Å². The molecule has 2 aliphatic heterocycles. The molecule has 0 radical (unpaired) electrons. The van der Waals surface area contributed by atoms with E-state index in [-0.39, 0.29) is 18.7 Å². The van der Waals surface area contributed by atoms with Crippen molar-refractivity contribution in [2.75, 3.05) is 34.0 Å². The van der Waals surface area contributed by atoms with Crippen molar-refractivity contribution >= 4 is 5.91 Å². The van der Waals surface area contributed by atoms with Crippen LogP contribution in [0.5, 0.6) is 17.2 Å². The number of fused-ring (bicyclic) bond motifs is 1. The average Bonchev–Trinajstić information content (AvgIpc) is 3.51. The normalized spacial score (nSPS) is 19.2. The molecule has 0 aliphatic carbocycles.